The maximum Gasteiger partial charge on any atom is 0.122 e. The molecule has 3 rings (SSSR count). The topological polar surface area (TPSA) is 9.23 Å². The van der Waals surface area contributed by atoms with Crippen LogP contribution in [0.15, 0.2) is 59.1 Å². The van der Waals surface area contributed by atoms with Gasteiger partial charge in [-0.2, -0.15) is 0 Å². The Balaban J connectivity index is 1.81. The Kier molecular flexibility index (Phi) is 3.35. The van der Waals surface area contributed by atoms with Gasteiger partial charge in [0.15, 0.2) is 0 Å². The second-order valence-corrected chi connectivity index (χ2v) is 5.96. The molecule has 0 bridgehead atoms. The van der Waals surface area contributed by atoms with E-state index in [0.29, 0.717) is 6.61 Å². The summed E-state index contributed by atoms with van der Waals surface area (Å²) in [7, 11) is 0. The zero-order valence-electron chi connectivity index (χ0n) is 9.60. The van der Waals surface area contributed by atoms with E-state index < -0.39 is 0 Å². The molecule has 0 spiro atoms. The van der Waals surface area contributed by atoms with Gasteiger partial charge in [0.05, 0.1) is 0 Å². The monoisotopic (exact) mass is 318 g/mol. The molecule has 1 nitrogen and oxygen atoms in total. The van der Waals surface area contributed by atoms with E-state index >= 15 is 0 Å². The van der Waals surface area contributed by atoms with Crippen LogP contribution in [0.25, 0.3) is 10.1 Å². The molecule has 90 valence electrons. The molecule has 0 unspecified atom stereocenters. The van der Waals surface area contributed by atoms with Crippen LogP contribution in [-0.2, 0) is 6.61 Å². The largest absolute Gasteiger partial charge is 0.488 e. The molecule has 18 heavy (non-hydrogen) atoms. The average molecular weight is 319 g/mol. The van der Waals surface area contributed by atoms with E-state index in [2.05, 4.69) is 40.2 Å². The van der Waals surface area contributed by atoms with Crippen LogP contribution < -0.4 is 4.74 Å². The number of benzene rings is 2. The van der Waals surface area contributed by atoms with Gasteiger partial charge in [0.2, 0.25) is 0 Å². The summed E-state index contributed by atoms with van der Waals surface area (Å²) < 4.78 is 8.19. The van der Waals surface area contributed by atoms with E-state index in [-0.39, 0.29) is 0 Å². The molecule has 0 atom stereocenters. The van der Waals surface area contributed by atoms with Gasteiger partial charge >= 0.3 is 0 Å². The third-order valence-corrected chi connectivity index (χ3v) is 4.75. The highest BCUT2D eigenvalue weighted by Crippen LogP contribution is 2.32. The first-order valence-electron chi connectivity index (χ1n) is 5.68. The molecule has 0 fully saturated rings. The van der Waals surface area contributed by atoms with Gasteiger partial charge in [-0.3, -0.25) is 0 Å². The molecular formula is C15H11BrOS. The molecular weight excluding hydrogens is 308 g/mol. The van der Waals surface area contributed by atoms with Crippen molar-refractivity contribution in [2.75, 3.05) is 0 Å². The van der Waals surface area contributed by atoms with Gasteiger partial charge in [-0.1, -0.05) is 30.3 Å². The summed E-state index contributed by atoms with van der Waals surface area (Å²) in [4.78, 5) is 1.24. The van der Waals surface area contributed by atoms with Crippen molar-refractivity contribution in [3.63, 3.8) is 0 Å². The fourth-order valence-corrected chi connectivity index (χ4v) is 3.42. The number of hydrogen-bond acceptors (Lipinski definition) is 2. The molecule has 0 radical (unpaired) electrons. The Labute approximate surface area is 118 Å². The highest BCUT2D eigenvalue weighted by atomic mass is 79.9. The zero-order valence-corrected chi connectivity index (χ0v) is 12.0. The number of rotatable bonds is 3. The van der Waals surface area contributed by atoms with Crippen LogP contribution in [0.1, 0.15) is 4.88 Å². The van der Waals surface area contributed by atoms with Crippen LogP contribution in [0, 0.1) is 0 Å². The molecule has 0 aliphatic heterocycles. The van der Waals surface area contributed by atoms with Crippen molar-refractivity contribution >= 4 is 37.4 Å². The molecule has 0 aliphatic carbocycles. The fourth-order valence-electron chi connectivity index (χ4n) is 1.82. The van der Waals surface area contributed by atoms with Crippen molar-refractivity contribution in [1.82, 2.24) is 0 Å². The Morgan fingerprint density at radius 1 is 1.00 bits per heavy atom. The molecule has 0 aliphatic rings. The minimum atomic E-state index is 0.621. The number of fused-ring (bicyclic) bond motifs is 1. The average Bonchev–Trinajstić information content (AvgIpc) is 2.82. The van der Waals surface area contributed by atoms with Crippen LogP contribution in [0.4, 0.5) is 0 Å². The highest BCUT2D eigenvalue weighted by molar-refractivity contribution is 9.10. The van der Waals surface area contributed by atoms with Gasteiger partial charge in [-0.15, -0.1) is 11.3 Å². The van der Waals surface area contributed by atoms with Crippen molar-refractivity contribution < 1.29 is 4.74 Å². The second kappa shape index (κ2) is 5.12. The molecule has 0 saturated heterocycles. The smallest absolute Gasteiger partial charge is 0.122 e. The maximum absolute atomic E-state index is 5.76. The lowest BCUT2D eigenvalue weighted by Crippen LogP contribution is -1.91. The predicted octanol–water partition coefficient (Wildman–Crippen LogP) is 5.24. The number of ether oxygens (including phenoxy) is 1. The van der Waals surface area contributed by atoms with Crippen LogP contribution >= 0.6 is 27.3 Å². The number of hydrogen-bond donors (Lipinski definition) is 0. The molecule has 0 amide bonds. The highest BCUT2D eigenvalue weighted by Gasteiger charge is 2.05. The predicted molar refractivity (Wildman–Crippen MR) is 80.3 cm³/mol. The molecule has 3 aromatic rings. The number of para-hydroxylation sites is 1. The summed E-state index contributed by atoms with van der Waals surface area (Å²) in [6, 6.07) is 18.3. The Morgan fingerprint density at radius 3 is 2.61 bits per heavy atom. The van der Waals surface area contributed by atoms with Crippen LogP contribution in [-0.4, -0.2) is 0 Å². The van der Waals surface area contributed by atoms with Crippen molar-refractivity contribution in [3.05, 3.63) is 63.9 Å². The lowest BCUT2D eigenvalue weighted by atomic mass is 10.2. The molecule has 3 heteroatoms. The lowest BCUT2D eigenvalue weighted by molar-refractivity contribution is 0.310. The standard InChI is InChI=1S/C15H11BrOS/c16-14-8-4-5-11-9-13(18-15(11)14)10-17-12-6-2-1-3-7-12/h1-9H,10H2. The molecule has 2 aromatic carbocycles. The van der Waals surface area contributed by atoms with Gasteiger partial charge < -0.3 is 4.74 Å². The van der Waals surface area contributed by atoms with Gasteiger partial charge in [-0.05, 0) is 45.6 Å². The SMILES string of the molecule is Brc1cccc2cc(COc3ccccc3)sc12. The van der Waals surface area contributed by atoms with E-state index in [1.165, 1.54) is 15.0 Å². The second-order valence-electron chi connectivity index (χ2n) is 3.97. The van der Waals surface area contributed by atoms with Crippen LogP contribution in [0.2, 0.25) is 0 Å². The first-order chi connectivity index (χ1) is 8.83. The Hall–Kier alpha value is -1.32. The van der Waals surface area contributed by atoms with Crippen LogP contribution in [0.3, 0.4) is 0 Å². The van der Waals surface area contributed by atoms with E-state index in [1.807, 2.05) is 30.3 Å². The van der Waals surface area contributed by atoms with E-state index in [0.717, 1.165) is 10.2 Å². The third kappa shape index (κ3) is 2.42. The zero-order chi connectivity index (χ0) is 12.4. The first-order valence-corrected chi connectivity index (χ1v) is 7.29. The summed E-state index contributed by atoms with van der Waals surface area (Å²) in [5.41, 5.74) is 0. The number of halogens is 1. The summed E-state index contributed by atoms with van der Waals surface area (Å²) in [5.74, 6) is 0.911. The minimum absolute atomic E-state index is 0.621. The molecule has 0 N–H and O–H groups in total. The van der Waals surface area contributed by atoms with E-state index in [4.69, 9.17) is 4.74 Å². The Bertz CT molecular complexity index is 661. The summed E-state index contributed by atoms with van der Waals surface area (Å²) >= 11 is 5.35. The van der Waals surface area contributed by atoms with Crippen molar-refractivity contribution in [2.45, 2.75) is 6.61 Å². The van der Waals surface area contributed by atoms with Crippen molar-refractivity contribution in [3.8, 4) is 5.75 Å². The van der Waals surface area contributed by atoms with E-state index in [1.54, 1.807) is 11.3 Å². The Morgan fingerprint density at radius 2 is 1.83 bits per heavy atom. The maximum atomic E-state index is 5.76. The molecule has 1 heterocycles. The summed E-state index contributed by atoms with van der Waals surface area (Å²) in [6.45, 7) is 0.621. The minimum Gasteiger partial charge on any atom is -0.488 e. The fraction of sp³-hybridized carbons (Fsp3) is 0.0667. The van der Waals surface area contributed by atoms with Gasteiger partial charge in [0.1, 0.15) is 12.4 Å². The van der Waals surface area contributed by atoms with Gasteiger partial charge in [0, 0.05) is 14.0 Å². The lowest BCUT2D eigenvalue weighted by Gasteiger charge is -2.02. The quantitative estimate of drug-likeness (QED) is 0.641. The van der Waals surface area contributed by atoms with Crippen LogP contribution in [0.5, 0.6) is 5.75 Å². The van der Waals surface area contributed by atoms with Crippen molar-refractivity contribution in [1.29, 1.82) is 0 Å². The van der Waals surface area contributed by atoms with Gasteiger partial charge in [0.25, 0.3) is 0 Å². The van der Waals surface area contributed by atoms with Crippen molar-refractivity contribution in [2.24, 2.45) is 0 Å². The normalized spacial score (nSPS) is 10.7. The summed E-state index contributed by atoms with van der Waals surface area (Å²) in [5, 5.41) is 1.26. The molecule has 1 aromatic heterocycles. The number of thiophene rings is 1. The van der Waals surface area contributed by atoms with E-state index in [9.17, 15) is 0 Å². The summed E-state index contributed by atoms with van der Waals surface area (Å²) in [6.07, 6.45) is 0. The molecule has 0 saturated carbocycles. The van der Waals surface area contributed by atoms with Gasteiger partial charge in [-0.25, -0.2) is 0 Å². The third-order valence-electron chi connectivity index (χ3n) is 2.67. The first kappa shape index (κ1) is 11.8.